The molecule has 0 bridgehead atoms. The van der Waals surface area contributed by atoms with E-state index in [0.717, 1.165) is 6.04 Å². The summed E-state index contributed by atoms with van der Waals surface area (Å²) in [4.78, 5) is 2.52. The number of aryl methyl sites for hydroxylation is 2. The Kier molecular flexibility index (Phi) is 3.15. The fraction of sp³-hybridized carbons (Fsp3) is 0.692. The van der Waals surface area contributed by atoms with Crippen molar-refractivity contribution in [2.24, 2.45) is 7.05 Å². The van der Waals surface area contributed by atoms with Gasteiger partial charge in [0.25, 0.3) is 0 Å². The Morgan fingerprint density at radius 1 is 1.40 bits per heavy atom. The van der Waals surface area contributed by atoms with Gasteiger partial charge < -0.3 is 9.47 Å². The predicted octanol–water partition coefficient (Wildman–Crippen LogP) is 2.22. The third-order valence-electron chi connectivity index (χ3n) is 3.53. The molecule has 1 atom stereocenters. The average molecular weight is 206 g/mol. The first-order chi connectivity index (χ1) is 7.20. The van der Waals surface area contributed by atoms with Gasteiger partial charge in [0.2, 0.25) is 0 Å². The van der Waals surface area contributed by atoms with Crippen molar-refractivity contribution in [3.05, 3.63) is 23.5 Å². The minimum absolute atomic E-state index is 0.764. The topological polar surface area (TPSA) is 8.17 Å². The molecule has 1 aromatic heterocycles. The zero-order valence-corrected chi connectivity index (χ0v) is 10.2. The van der Waals surface area contributed by atoms with Gasteiger partial charge in [-0.3, -0.25) is 0 Å². The van der Waals surface area contributed by atoms with Gasteiger partial charge in [0.05, 0.1) is 0 Å². The van der Waals surface area contributed by atoms with Gasteiger partial charge in [-0.15, -0.1) is 0 Å². The van der Waals surface area contributed by atoms with Gasteiger partial charge in [0, 0.05) is 25.5 Å². The molecule has 1 aliphatic rings. The molecule has 0 spiro atoms. The van der Waals surface area contributed by atoms with Crippen LogP contribution >= 0.6 is 0 Å². The van der Waals surface area contributed by atoms with Crippen LogP contribution in [0.1, 0.15) is 30.9 Å². The molecular formula is C13H22N2. The Labute approximate surface area is 92.9 Å². The molecular weight excluding hydrogens is 184 g/mol. The van der Waals surface area contributed by atoms with Crippen LogP contribution < -0.4 is 0 Å². The number of aromatic nitrogens is 1. The fourth-order valence-corrected chi connectivity index (χ4v) is 2.69. The van der Waals surface area contributed by atoms with Gasteiger partial charge in [-0.25, -0.2) is 0 Å². The number of rotatable bonds is 3. The third-order valence-corrected chi connectivity index (χ3v) is 3.53. The summed E-state index contributed by atoms with van der Waals surface area (Å²) >= 11 is 0. The zero-order valence-electron chi connectivity index (χ0n) is 10.2. The summed E-state index contributed by atoms with van der Waals surface area (Å²) in [5.74, 6) is 0. The van der Waals surface area contributed by atoms with E-state index in [0.29, 0.717) is 0 Å². The van der Waals surface area contributed by atoms with Crippen LogP contribution in [-0.2, 0) is 19.9 Å². The van der Waals surface area contributed by atoms with E-state index < -0.39 is 0 Å². The Hall–Kier alpha value is -0.760. The van der Waals surface area contributed by atoms with Gasteiger partial charge in [0.15, 0.2) is 0 Å². The average Bonchev–Trinajstić information content (AvgIpc) is 2.57. The smallest absolute Gasteiger partial charge is 0.0136 e. The zero-order chi connectivity index (χ0) is 10.8. The Morgan fingerprint density at radius 2 is 2.13 bits per heavy atom. The number of hydrogen-bond donors (Lipinski definition) is 0. The van der Waals surface area contributed by atoms with Crippen molar-refractivity contribution in [1.82, 2.24) is 9.47 Å². The first-order valence-electron chi connectivity index (χ1n) is 6.04. The van der Waals surface area contributed by atoms with E-state index in [-0.39, 0.29) is 0 Å². The lowest BCUT2D eigenvalue weighted by Crippen LogP contribution is -2.36. The monoisotopic (exact) mass is 206 g/mol. The highest BCUT2D eigenvalue weighted by molar-refractivity contribution is 5.28. The molecule has 0 fully saturated rings. The third kappa shape index (κ3) is 2.25. The summed E-state index contributed by atoms with van der Waals surface area (Å²) in [5.41, 5.74) is 3.13. The van der Waals surface area contributed by atoms with E-state index in [4.69, 9.17) is 0 Å². The first-order valence-corrected chi connectivity index (χ1v) is 6.04. The SMILES string of the molecule is CCCN(C)C1CCc2cn(C)cc2C1. The Balaban J connectivity index is 2.04. The molecule has 0 saturated carbocycles. The van der Waals surface area contributed by atoms with Crippen molar-refractivity contribution in [2.75, 3.05) is 13.6 Å². The fourth-order valence-electron chi connectivity index (χ4n) is 2.69. The molecule has 15 heavy (non-hydrogen) atoms. The molecule has 1 heterocycles. The predicted molar refractivity (Wildman–Crippen MR) is 64.1 cm³/mol. The molecule has 1 aliphatic carbocycles. The van der Waals surface area contributed by atoms with E-state index in [1.807, 2.05) is 0 Å². The van der Waals surface area contributed by atoms with Crippen molar-refractivity contribution in [1.29, 1.82) is 0 Å². The molecule has 2 nitrogen and oxygen atoms in total. The van der Waals surface area contributed by atoms with Crippen LogP contribution in [0.2, 0.25) is 0 Å². The van der Waals surface area contributed by atoms with Crippen LogP contribution in [0.5, 0.6) is 0 Å². The minimum atomic E-state index is 0.764. The van der Waals surface area contributed by atoms with Crippen LogP contribution in [0.3, 0.4) is 0 Å². The van der Waals surface area contributed by atoms with Crippen LogP contribution in [0.4, 0.5) is 0 Å². The molecule has 2 rings (SSSR count). The largest absolute Gasteiger partial charge is 0.357 e. The number of hydrogen-bond acceptors (Lipinski definition) is 1. The van der Waals surface area contributed by atoms with Gasteiger partial charge in [0.1, 0.15) is 0 Å². The molecule has 0 radical (unpaired) electrons. The normalized spacial score (nSPS) is 20.7. The lowest BCUT2D eigenvalue weighted by Gasteiger charge is -2.31. The lowest BCUT2D eigenvalue weighted by atomic mass is 9.91. The lowest BCUT2D eigenvalue weighted by molar-refractivity contribution is 0.222. The molecule has 1 aromatic rings. The number of fused-ring (bicyclic) bond motifs is 1. The summed E-state index contributed by atoms with van der Waals surface area (Å²) in [6, 6.07) is 0.764. The summed E-state index contributed by atoms with van der Waals surface area (Å²) in [6.45, 7) is 3.49. The van der Waals surface area contributed by atoms with Gasteiger partial charge in [-0.2, -0.15) is 0 Å². The maximum Gasteiger partial charge on any atom is 0.0136 e. The van der Waals surface area contributed by atoms with Crippen molar-refractivity contribution >= 4 is 0 Å². The van der Waals surface area contributed by atoms with Crippen molar-refractivity contribution in [2.45, 2.75) is 38.6 Å². The summed E-state index contributed by atoms with van der Waals surface area (Å²) in [6.07, 6.45) is 9.66. The molecule has 0 N–H and O–H groups in total. The molecule has 0 amide bonds. The summed E-state index contributed by atoms with van der Waals surface area (Å²) in [5, 5.41) is 0. The first kappa shape index (κ1) is 10.7. The number of likely N-dealkylation sites (N-methyl/N-ethyl adjacent to an activating group) is 1. The molecule has 0 saturated heterocycles. The van der Waals surface area contributed by atoms with Crippen molar-refractivity contribution in [3.8, 4) is 0 Å². The van der Waals surface area contributed by atoms with E-state index in [1.54, 1.807) is 11.1 Å². The molecule has 0 aliphatic heterocycles. The van der Waals surface area contributed by atoms with E-state index in [1.165, 1.54) is 32.2 Å². The van der Waals surface area contributed by atoms with E-state index in [9.17, 15) is 0 Å². The number of nitrogens with zero attached hydrogens (tertiary/aromatic N) is 2. The van der Waals surface area contributed by atoms with Crippen LogP contribution in [-0.4, -0.2) is 29.1 Å². The van der Waals surface area contributed by atoms with Crippen LogP contribution in [0, 0.1) is 0 Å². The molecule has 0 aromatic carbocycles. The Morgan fingerprint density at radius 3 is 2.87 bits per heavy atom. The standard InChI is InChI=1S/C13H22N2/c1-4-7-15(3)13-6-5-11-9-14(2)10-12(11)8-13/h9-10,13H,4-8H2,1-3H3. The Bertz CT molecular complexity index is 327. The highest BCUT2D eigenvalue weighted by Crippen LogP contribution is 2.24. The van der Waals surface area contributed by atoms with Gasteiger partial charge in [-0.1, -0.05) is 6.92 Å². The molecule has 1 unspecified atom stereocenters. The van der Waals surface area contributed by atoms with E-state index >= 15 is 0 Å². The highest BCUT2D eigenvalue weighted by Gasteiger charge is 2.22. The maximum absolute atomic E-state index is 2.52. The second kappa shape index (κ2) is 4.40. The summed E-state index contributed by atoms with van der Waals surface area (Å²) in [7, 11) is 4.39. The van der Waals surface area contributed by atoms with Gasteiger partial charge >= 0.3 is 0 Å². The second-order valence-corrected chi connectivity index (χ2v) is 4.85. The minimum Gasteiger partial charge on any atom is -0.357 e. The van der Waals surface area contributed by atoms with Gasteiger partial charge in [-0.05, 0) is 50.4 Å². The van der Waals surface area contributed by atoms with Crippen molar-refractivity contribution in [3.63, 3.8) is 0 Å². The highest BCUT2D eigenvalue weighted by atomic mass is 15.1. The van der Waals surface area contributed by atoms with E-state index in [2.05, 4.69) is 42.9 Å². The maximum atomic E-state index is 2.52. The van der Waals surface area contributed by atoms with Crippen LogP contribution in [0.25, 0.3) is 0 Å². The molecule has 84 valence electrons. The second-order valence-electron chi connectivity index (χ2n) is 4.85. The molecule has 2 heteroatoms. The van der Waals surface area contributed by atoms with Crippen molar-refractivity contribution < 1.29 is 0 Å². The quantitative estimate of drug-likeness (QED) is 0.736. The summed E-state index contributed by atoms with van der Waals surface area (Å²) < 4.78 is 2.20. The van der Waals surface area contributed by atoms with Crippen LogP contribution in [0.15, 0.2) is 12.4 Å².